The van der Waals surface area contributed by atoms with Crippen LogP contribution in [0.3, 0.4) is 0 Å². The molecule has 1 fully saturated rings. The van der Waals surface area contributed by atoms with Gasteiger partial charge in [-0.2, -0.15) is 0 Å². The molecule has 1 unspecified atom stereocenters. The fourth-order valence-electron chi connectivity index (χ4n) is 2.72. The summed E-state index contributed by atoms with van der Waals surface area (Å²) in [5.74, 6) is 0.870. The van der Waals surface area contributed by atoms with Crippen molar-refractivity contribution in [1.29, 1.82) is 0 Å². The number of anilines is 1. The number of nitrogens with zero attached hydrogens (tertiary/aromatic N) is 1. The Kier molecular flexibility index (Phi) is 4.46. The maximum Gasteiger partial charge on any atom is 0.0412 e. The Morgan fingerprint density at radius 1 is 1.47 bits per heavy atom. The molecule has 1 saturated heterocycles. The zero-order chi connectivity index (χ0) is 12.3. The molecule has 1 atom stereocenters. The van der Waals surface area contributed by atoms with Crippen LogP contribution in [0.4, 0.5) is 5.69 Å². The van der Waals surface area contributed by atoms with Gasteiger partial charge in [0.1, 0.15) is 0 Å². The van der Waals surface area contributed by atoms with E-state index in [0.29, 0.717) is 6.54 Å². The van der Waals surface area contributed by atoms with Gasteiger partial charge in [-0.1, -0.05) is 29.3 Å². The number of nitrogens with two attached hydrogens (primary N) is 1. The molecule has 1 aliphatic heterocycles. The molecule has 0 aromatic heterocycles. The molecule has 1 aliphatic rings. The number of hydrogen-bond acceptors (Lipinski definition) is 2. The zero-order valence-corrected chi connectivity index (χ0v) is 12.0. The van der Waals surface area contributed by atoms with Gasteiger partial charge in [-0.3, -0.25) is 0 Å². The second kappa shape index (κ2) is 5.87. The third kappa shape index (κ3) is 3.02. The van der Waals surface area contributed by atoms with Crippen LogP contribution in [-0.2, 0) is 6.54 Å². The smallest absolute Gasteiger partial charge is 0.0412 e. The van der Waals surface area contributed by atoms with Gasteiger partial charge in [-0.25, -0.2) is 0 Å². The Morgan fingerprint density at radius 2 is 2.29 bits per heavy atom. The van der Waals surface area contributed by atoms with Gasteiger partial charge in [0.25, 0.3) is 0 Å². The van der Waals surface area contributed by atoms with Gasteiger partial charge < -0.3 is 10.6 Å². The monoisotopic (exact) mass is 296 g/mol. The minimum atomic E-state index is 0.615. The molecule has 17 heavy (non-hydrogen) atoms. The van der Waals surface area contributed by atoms with Crippen LogP contribution < -0.4 is 10.6 Å². The maximum absolute atomic E-state index is 5.83. The van der Waals surface area contributed by atoms with Crippen LogP contribution in [0.2, 0.25) is 0 Å². The lowest BCUT2D eigenvalue weighted by molar-refractivity contribution is 0.529. The second-order valence-corrected chi connectivity index (χ2v) is 5.78. The Bertz CT molecular complexity index is 378. The van der Waals surface area contributed by atoms with E-state index in [4.69, 9.17) is 5.73 Å². The Labute approximate surface area is 112 Å². The Balaban J connectivity index is 2.12. The van der Waals surface area contributed by atoms with Crippen molar-refractivity contribution in [3.05, 3.63) is 28.2 Å². The van der Waals surface area contributed by atoms with E-state index < -0.39 is 0 Å². The Morgan fingerprint density at radius 3 is 3.00 bits per heavy atom. The van der Waals surface area contributed by atoms with Gasteiger partial charge >= 0.3 is 0 Å². The lowest BCUT2D eigenvalue weighted by Crippen LogP contribution is -2.21. The van der Waals surface area contributed by atoms with Gasteiger partial charge in [0.2, 0.25) is 0 Å². The number of hydrogen-bond donors (Lipinski definition) is 1. The average molecular weight is 297 g/mol. The average Bonchev–Trinajstić information content (AvgIpc) is 2.78. The quantitative estimate of drug-likeness (QED) is 0.921. The molecule has 0 saturated carbocycles. The molecule has 0 bridgehead atoms. The minimum Gasteiger partial charge on any atom is -0.371 e. The predicted octanol–water partition coefficient (Wildman–Crippen LogP) is 3.53. The van der Waals surface area contributed by atoms with Crippen LogP contribution in [-0.4, -0.2) is 13.1 Å². The summed E-state index contributed by atoms with van der Waals surface area (Å²) in [5.41, 5.74) is 8.41. The van der Waals surface area contributed by atoms with Crippen molar-refractivity contribution in [2.45, 2.75) is 32.7 Å². The van der Waals surface area contributed by atoms with Crippen molar-refractivity contribution in [3.8, 4) is 0 Å². The molecule has 0 aliphatic carbocycles. The number of rotatable bonds is 4. The van der Waals surface area contributed by atoms with Gasteiger partial charge in [-0.05, 0) is 42.5 Å². The van der Waals surface area contributed by atoms with Crippen molar-refractivity contribution >= 4 is 21.6 Å². The summed E-state index contributed by atoms with van der Waals surface area (Å²) >= 11 is 3.51. The fraction of sp³-hybridized carbons (Fsp3) is 0.571. The summed E-state index contributed by atoms with van der Waals surface area (Å²) in [6, 6.07) is 6.45. The highest BCUT2D eigenvalue weighted by Gasteiger charge is 2.23. The molecule has 0 spiro atoms. The molecule has 0 amide bonds. The van der Waals surface area contributed by atoms with E-state index in [1.807, 2.05) is 0 Å². The number of benzene rings is 1. The highest BCUT2D eigenvalue weighted by molar-refractivity contribution is 9.10. The molecular formula is C14H21BrN2. The highest BCUT2D eigenvalue weighted by atomic mass is 79.9. The molecule has 94 valence electrons. The van der Waals surface area contributed by atoms with Crippen LogP contribution in [0.25, 0.3) is 0 Å². The van der Waals surface area contributed by atoms with E-state index >= 15 is 0 Å². The summed E-state index contributed by atoms with van der Waals surface area (Å²) in [4.78, 5) is 2.50. The van der Waals surface area contributed by atoms with Crippen molar-refractivity contribution in [1.82, 2.24) is 0 Å². The topological polar surface area (TPSA) is 29.3 Å². The molecule has 1 aromatic rings. The number of halogens is 1. The van der Waals surface area contributed by atoms with E-state index in [-0.39, 0.29) is 0 Å². The van der Waals surface area contributed by atoms with E-state index in [9.17, 15) is 0 Å². The molecule has 3 heteroatoms. The Hall–Kier alpha value is -0.540. The SMILES string of the molecule is CCCC1CCN(c2ccc(Br)cc2CN)C1. The summed E-state index contributed by atoms with van der Waals surface area (Å²) < 4.78 is 1.12. The van der Waals surface area contributed by atoms with Gasteiger partial charge in [-0.15, -0.1) is 0 Å². The van der Waals surface area contributed by atoms with Gasteiger partial charge in [0.15, 0.2) is 0 Å². The maximum atomic E-state index is 5.83. The van der Waals surface area contributed by atoms with Gasteiger partial charge in [0.05, 0.1) is 0 Å². The van der Waals surface area contributed by atoms with E-state index in [0.717, 1.165) is 10.4 Å². The summed E-state index contributed by atoms with van der Waals surface area (Å²) in [7, 11) is 0. The first kappa shape index (κ1) is 12.9. The van der Waals surface area contributed by atoms with Crippen LogP contribution in [0, 0.1) is 5.92 Å². The molecule has 2 nitrogen and oxygen atoms in total. The lowest BCUT2D eigenvalue weighted by atomic mass is 10.0. The first-order valence-electron chi connectivity index (χ1n) is 6.48. The van der Waals surface area contributed by atoms with Crippen LogP contribution in [0.15, 0.2) is 22.7 Å². The molecule has 2 N–H and O–H groups in total. The van der Waals surface area contributed by atoms with Crippen molar-refractivity contribution < 1.29 is 0 Å². The minimum absolute atomic E-state index is 0.615. The molecular weight excluding hydrogens is 276 g/mol. The summed E-state index contributed by atoms with van der Waals surface area (Å²) in [5, 5.41) is 0. The van der Waals surface area contributed by atoms with E-state index in [1.165, 1.54) is 43.6 Å². The molecule has 2 rings (SSSR count). The third-order valence-corrected chi connectivity index (χ3v) is 4.08. The summed E-state index contributed by atoms with van der Waals surface area (Å²) in [6.07, 6.45) is 3.97. The lowest BCUT2D eigenvalue weighted by Gasteiger charge is -2.22. The third-order valence-electron chi connectivity index (χ3n) is 3.58. The van der Waals surface area contributed by atoms with E-state index in [2.05, 4.69) is 46.0 Å². The van der Waals surface area contributed by atoms with Gasteiger partial charge in [0, 0.05) is 29.8 Å². The first-order valence-corrected chi connectivity index (χ1v) is 7.27. The van der Waals surface area contributed by atoms with Crippen LogP contribution in [0.5, 0.6) is 0 Å². The van der Waals surface area contributed by atoms with Crippen LogP contribution >= 0.6 is 15.9 Å². The standard InChI is InChI=1S/C14H21BrN2/c1-2-3-11-6-7-17(10-11)14-5-4-13(15)8-12(14)9-16/h4-5,8,11H,2-3,6-7,9-10,16H2,1H3. The second-order valence-electron chi connectivity index (χ2n) is 4.87. The van der Waals surface area contributed by atoms with E-state index in [1.54, 1.807) is 0 Å². The fourth-order valence-corrected chi connectivity index (χ4v) is 3.13. The zero-order valence-electron chi connectivity index (χ0n) is 10.5. The molecule has 1 aromatic carbocycles. The molecule has 1 heterocycles. The van der Waals surface area contributed by atoms with Crippen molar-refractivity contribution in [2.75, 3.05) is 18.0 Å². The largest absolute Gasteiger partial charge is 0.371 e. The highest BCUT2D eigenvalue weighted by Crippen LogP contribution is 2.30. The van der Waals surface area contributed by atoms with Crippen molar-refractivity contribution in [2.24, 2.45) is 11.7 Å². The predicted molar refractivity (Wildman–Crippen MR) is 77.3 cm³/mol. The molecule has 0 radical (unpaired) electrons. The van der Waals surface area contributed by atoms with Crippen molar-refractivity contribution in [3.63, 3.8) is 0 Å². The first-order chi connectivity index (χ1) is 8.24. The van der Waals surface area contributed by atoms with Crippen LogP contribution in [0.1, 0.15) is 31.7 Å². The normalized spacial score (nSPS) is 19.9. The summed E-state index contributed by atoms with van der Waals surface area (Å²) in [6.45, 7) is 5.26.